The number of rotatable bonds is 6. The van der Waals surface area contributed by atoms with Crippen molar-refractivity contribution < 1.29 is 29.2 Å². The molecule has 1 aliphatic rings. The minimum Gasteiger partial charge on any atom is -0.493 e. The monoisotopic (exact) mass is 514 g/mol. The number of hydrogen-bond acceptors (Lipinski definition) is 6. The normalized spacial score (nSPS) is 13.9. The number of likely N-dealkylation sites (tertiary alicyclic amines) is 1. The number of aliphatic imine (C=N–C) groups is 1. The lowest BCUT2D eigenvalue weighted by Crippen LogP contribution is -2.62. The molecule has 2 aromatic heterocycles. The predicted molar refractivity (Wildman–Crippen MR) is 138 cm³/mol. The highest BCUT2D eigenvalue weighted by atomic mass is 16.5. The number of fused-ring (bicyclic) bond motifs is 1. The summed E-state index contributed by atoms with van der Waals surface area (Å²) in [6.45, 7) is 0.619. The number of methoxy groups -OCH3 is 1. The topological polar surface area (TPSA) is 189 Å². The fourth-order valence-electron chi connectivity index (χ4n) is 4.22. The maximum atomic E-state index is 13.3. The molecule has 3 aromatic rings. The molecule has 5 N–H and O–H groups in total. The standard InChI is InChI=1S/C26H23N7O5/c1-38-19-13-30-24(32-14-31-23(28)26(36)37)21-20(19)18(12-29-21)22(34)25(35)33-9-7-16(8-10-33)17(11-27)15-5-3-2-4-6-15/h2-6,12-14,29H,7-10H2,1H3,(H,36,37)(H2,28,30,31,32)/p+1. The minimum absolute atomic E-state index is 0.101. The van der Waals surface area contributed by atoms with Crippen molar-refractivity contribution in [2.75, 3.05) is 20.2 Å². The van der Waals surface area contributed by atoms with E-state index in [-0.39, 0.29) is 17.1 Å². The quantitative estimate of drug-likeness (QED) is 0.120. The first kappa shape index (κ1) is 25.8. The number of allylic oxidation sites excluding steroid dienone is 1. The number of H-pyrrole nitrogens is 1. The molecule has 1 amide bonds. The number of nitrogens with zero attached hydrogens (tertiary/aromatic N) is 4. The molecule has 12 heteroatoms. The summed E-state index contributed by atoms with van der Waals surface area (Å²) >= 11 is 0. The molecule has 192 valence electrons. The maximum absolute atomic E-state index is 13.3. The van der Waals surface area contributed by atoms with Gasteiger partial charge in [0.05, 0.1) is 29.7 Å². The number of ether oxygens (including phenoxy) is 1. The predicted octanol–water partition coefficient (Wildman–Crippen LogP) is 0.536. The zero-order chi connectivity index (χ0) is 27.2. The van der Waals surface area contributed by atoms with Crippen molar-refractivity contribution in [2.24, 2.45) is 10.7 Å². The second-order valence-corrected chi connectivity index (χ2v) is 8.30. The average Bonchev–Trinajstić information content (AvgIpc) is 3.39. The number of ketones is 1. The van der Waals surface area contributed by atoms with E-state index in [1.807, 2.05) is 30.3 Å². The fraction of sp³-hybridized carbons (Fsp3) is 0.192. The lowest BCUT2D eigenvalue weighted by atomic mass is 9.93. The molecule has 0 unspecified atom stereocenters. The number of carboxylic acids is 1. The van der Waals surface area contributed by atoms with Crippen LogP contribution in [0, 0.1) is 11.3 Å². The Kier molecular flexibility index (Phi) is 7.58. The van der Waals surface area contributed by atoms with Crippen molar-refractivity contribution in [3.05, 3.63) is 59.4 Å². The Labute approximate surface area is 216 Å². The maximum Gasteiger partial charge on any atom is 0.389 e. The number of carbonyl (C=O) groups is 3. The number of aromatic amines is 1. The second kappa shape index (κ2) is 11.2. The molecule has 1 fully saturated rings. The van der Waals surface area contributed by atoms with Crippen LogP contribution in [-0.2, 0) is 9.59 Å². The summed E-state index contributed by atoms with van der Waals surface area (Å²) in [5.74, 6) is -2.91. The number of pyridine rings is 1. The van der Waals surface area contributed by atoms with E-state index in [1.54, 1.807) is 0 Å². The van der Waals surface area contributed by atoms with Crippen LogP contribution in [0.2, 0.25) is 0 Å². The van der Waals surface area contributed by atoms with Crippen molar-refractivity contribution >= 4 is 52.1 Å². The molecule has 0 bridgehead atoms. The molecule has 0 saturated carbocycles. The smallest absolute Gasteiger partial charge is 0.389 e. The fourth-order valence-corrected chi connectivity index (χ4v) is 4.22. The van der Waals surface area contributed by atoms with Crippen LogP contribution in [-0.4, -0.2) is 70.0 Å². The van der Waals surface area contributed by atoms with E-state index >= 15 is 0 Å². The average molecular weight is 515 g/mol. The molecule has 4 rings (SSSR count). The van der Waals surface area contributed by atoms with Crippen LogP contribution in [0.4, 0.5) is 5.82 Å². The van der Waals surface area contributed by atoms with E-state index in [4.69, 9.17) is 15.6 Å². The summed E-state index contributed by atoms with van der Waals surface area (Å²) in [6.07, 6.45) is 4.79. The summed E-state index contributed by atoms with van der Waals surface area (Å²) in [5.41, 5.74) is 8.11. The number of piperidine rings is 1. The first-order chi connectivity index (χ1) is 18.3. The minimum atomic E-state index is -1.38. The number of hydrogen-bond donors (Lipinski definition) is 4. The van der Waals surface area contributed by atoms with Gasteiger partial charge in [0, 0.05) is 19.3 Å². The molecule has 1 saturated heterocycles. The van der Waals surface area contributed by atoms with Crippen LogP contribution in [0.1, 0.15) is 28.8 Å². The Balaban J connectivity index is 1.57. The number of amides is 1. The number of aromatic nitrogens is 2. The van der Waals surface area contributed by atoms with Crippen LogP contribution in [0.3, 0.4) is 0 Å². The molecule has 1 aliphatic heterocycles. The Hall–Kier alpha value is -5.31. The molecule has 0 spiro atoms. The van der Waals surface area contributed by atoms with Crippen LogP contribution in [0.15, 0.2) is 53.3 Å². The van der Waals surface area contributed by atoms with Gasteiger partial charge in [-0.1, -0.05) is 35.3 Å². The number of aliphatic carboxylic acids is 1. The van der Waals surface area contributed by atoms with Crippen LogP contribution in [0.25, 0.3) is 16.5 Å². The lowest BCUT2D eigenvalue weighted by molar-refractivity contribution is -0.351. The van der Waals surface area contributed by atoms with Gasteiger partial charge in [0.2, 0.25) is 6.34 Å². The van der Waals surface area contributed by atoms with Crippen LogP contribution < -0.4 is 15.5 Å². The van der Waals surface area contributed by atoms with Gasteiger partial charge in [-0.25, -0.2) is 9.79 Å². The summed E-state index contributed by atoms with van der Waals surface area (Å²) < 4.78 is 5.37. The van der Waals surface area contributed by atoms with Gasteiger partial charge in [0.25, 0.3) is 23.3 Å². The Morgan fingerprint density at radius 3 is 2.61 bits per heavy atom. The molecule has 3 heterocycles. The van der Waals surface area contributed by atoms with E-state index in [0.29, 0.717) is 42.4 Å². The highest BCUT2D eigenvalue weighted by Crippen LogP contribution is 2.32. The number of Topliss-reactive ketones (excluding diaryl/α,β-unsaturated/α-hetero) is 1. The number of nitrogens with two attached hydrogens (primary N) is 1. The van der Waals surface area contributed by atoms with Crippen molar-refractivity contribution in [3.63, 3.8) is 0 Å². The molecule has 0 atom stereocenters. The Morgan fingerprint density at radius 2 is 1.97 bits per heavy atom. The molecule has 38 heavy (non-hydrogen) atoms. The van der Waals surface area contributed by atoms with Crippen LogP contribution >= 0.6 is 0 Å². The number of carbonyl (C=O) groups excluding carboxylic acids is 2. The molecule has 1 aromatic carbocycles. The van der Waals surface area contributed by atoms with Crippen molar-refractivity contribution in [3.8, 4) is 11.8 Å². The van der Waals surface area contributed by atoms with Gasteiger partial charge >= 0.3 is 5.97 Å². The number of nitriles is 1. The van der Waals surface area contributed by atoms with Gasteiger partial charge in [-0.3, -0.25) is 9.59 Å². The van der Waals surface area contributed by atoms with E-state index in [9.17, 15) is 19.6 Å². The van der Waals surface area contributed by atoms with Crippen molar-refractivity contribution in [1.29, 1.82) is 5.26 Å². The lowest BCUT2D eigenvalue weighted by Gasteiger charge is -2.28. The van der Waals surface area contributed by atoms with Gasteiger partial charge in [0.15, 0.2) is 5.75 Å². The SMILES string of the molecule is COc1cnc([NH+]=CN=C(N)C(=O)O)c2[nH]cc(C(=O)C(=O)N3CCC(=C(C#N)c4ccccc4)CC3)c12. The van der Waals surface area contributed by atoms with Gasteiger partial charge in [-0.15, -0.1) is 4.98 Å². The van der Waals surface area contributed by atoms with Gasteiger partial charge in [-0.2, -0.15) is 5.26 Å². The summed E-state index contributed by atoms with van der Waals surface area (Å²) in [6, 6.07) is 11.6. The summed E-state index contributed by atoms with van der Waals surface area (Å²) in [5, 5.41) is 18.8. The van der Waals surface area contributed by atoms with E-state index in [2.05, 4.69) is 26.0 Å². The third-order valence-electron chi connectivity index (χ3n) is 6.14. The molecule has 0 radical (unpaired) electrons. The van der Waals surface area contributed by atoms with Crippen LogP contribution in [0.5, 0.6) is 5.75 Å². The van der Waals surface area contributed by atoms with Gasteiger partial charge < -0.3 is 25.5 Å². The van der Waals surface area contributed by atoms with Crippen molar-refractivity contribution in [2.45, 2.75) is 12.8 Å². The largest absolute Gasteiger partial charge is 0.493 e. The highest BCUT2D eigenvalue weighted by Gasteiger charge is 2.30. The third kappa shape index (κ3) is 5.12. The van der Waals surface area contributed by atoms with Gasteiger partial charge in [-0.05, 0) is 24.0 Å². The second-order valence-electron chi connectivity index (χ2n) is 8.30. The Morgan fingerprint density at radius 1 is 1.26 bits per heavy atom. The summed E-state index contributed by atoms with van der Waals surface area (Å²) in [4.78, 5) is 52.1. The molecular formula is C26H24N7O5+. The number of amidine groups is 1. The first-order valence-corrected chi connectivity index (χ1v) is 11.6. The number of carboxylic acid groups (broad SMARTS) is 1. The summed E-state index contributed by atoms with van der Waals surface area (Å²) in [7, 11) is 1.41. The zero-order valence-electron chi connectivity index (χ0n) is 20.4. The van der Waals surface area contributed by atoms with E-state index in [1.165, 1.54) is 24.4 Å². The molecule has 12 nitrogen and oxygen atoms in total. The number of benzene rings is 1. The van der Waals surface area contributed by atoms with E-state index in [0.717, 1.165) is 17.5 Å². The third-order valence-corrected chi connectivity index (χ3v) is 6.14. The van der Waals surface area contributed by atoms with E-state index < -0.39 is 23.5 Å². The highest BCUT2D eigenvalue weighted by molar-refractivity contribution is 6.45. The van der Waals surface area contributed by atoms with Crippen molar-refractivity contribution in [1.82, 2.24) is 14.9 Å². The zero-order valence-corrected chi connectivity index (χ0v) is 20.4. The molecular weight excluding hydrogens is 490 g/mol. The first-order valence-electron chi connectivity index (χ1n) is 11.6. The molecule has 0 aliphatic carbocycles. The number of nitrogens with one attached hydrogen (secondary N) is 2. The Bertz CT molecular complexity index is 1540. The van der Waals surface area contributed by atoms with Gasteiger partial charge in [0.1, 0.15) is 11.7 Å².